The fourth-order valence-electron chi connectivity index (χ4n) is 2.22. The quantitative estimate of drug-likeness (QED) is 0.612. The van der Waals surface area contributed by atoms with Gasteiger partial charge in [0.15, 0.2) is 4.34 Å². The summed E-state index contributed by atoms with van der Waals surface area (Å²) in [7, 11) is 0. The van der Waals surface area contributed by atoms with Gasteiger partial charge in [0.2, 0.25) is 5.91 Å². The molecule has 0 aliphatic carbocycles. The van der Waals surface area contributed by atoms with Gasteiger partial charge in [-0.2, -0.15) is 0 Å². The summed E-state index contributed by atoms with van der Waals surface area (Å²) < 4.78 is 13.8. The second-order valence-corrected chi connectivity index (χ2v) is 8.02. The number of aromatic nitrogens is 1. The number of hydrogen-bond donors (Lipinski definition) is 1. The van der Waals surface area contributed by atoms with Crippen molar-refractivity contribution < 1.29 is 9.18 Å². The molecule has 3 aromatic rings. The third-order valence-electron chi connectivity index (χ3n) is 3.67. The number of thioether (sulfide) groups is 1. The summed E-state index contributed by atoms with van der Waals surface area (Å²) in [6.07, 6.45) is 0. The summed E-state index contributed by atoms with van der Waals surface area (Å²) in [5, 5.41) is 4.60. The van der Waals surface area contributed by atoms with Gasteiger partial charge in [0.05, 0.1) is 10.9 Å². The third kappa shape index (κ3) is 4.46. The molecule has 0 aliphatic heterocycles. The molecule has 128 valence electrons. The van der Waals surface area contributed by atoms with Crippen LogP contribution in [0.2, 0.25) is 0 Å². The van der Waals surface area contributed by atoms with E-state index in [4.69, 9.17) is 0 Å². The predicted molar refractivity (Wildman–Crippen MR) is 103 cm³/mol. The van der Waals surface area contributed by atoms with Crippen LogP contribution < -0.4 is 5.32 Å². The van der Waals surface area contributed by atoms with Gasteiger partial charge in [-0.1, -0.05) is 30.0 Å². The monoisotopic (exact) mass is 372 g/mol. The number of carbonyl (C=O) groups is 1. The normalized spacial score (nSPS) is 12.0. The fourth-order valence-corrected chi connectivity index (χ4v) is 4.19. The van der Waals surface area contributed by atoms with Gasteiger partial charge >= 0.3 is 0 Å². The molecule has 0 fully saturated rings. The van der Waals surface area contributed by atoms with Crippen molar-refractivity contribution in [1.29, 1.82) is 0 Å². The molecule has 1 N–H and O–H groups in total. The molecular weight excluding hydrogens is 355 g/mol. The van der Waals surface area contributed by atoms with Crippen molar-refractivity contribution in [1.82, 2.24) is 4.98 Å². The SMILES string of the molecule is Cc1ccccc1NC(=O)C(C)Sc1nc(-c2ccc(F)cc2)cs1. The van der Waals surface area contributed by atoms with Gasteiger partial charge in [0, 0.05) is 16.6 Å². The number of halogens is 1. The van der Waals surface area contributed by atoms with E-state index in [9.17, 15) is 9.18 Å². The van der Waals surface area contributed by atoms with Gasteiger partial charge in [-0.05, 0) is 49.7 Å². The fraction of sp³-hybridized carbons (Fsp3) is 0.158. The van der Waals surface area contributed by atoms with Crippen LogP contribution in [-0.2, 0) is 4.79 Å². The Morgan fingerprint density at radius 3 is 2.64 bits per heavy atom. The predicted octanol–water partition coefficient (Wildman–Crippen LogP) is 5.38. The lowest BCUT2D eigenvalue weighted by Crippen LogP contribution is -2.22. The Morgan fingerprint density at radius 2 is 1.92 bits per heavy atom. The summed E-state index contributed by atoms with van der Waals surface area (Å²) in [6, 6.07) is 13.9. The largest absolute Gasteiger partial charge is 0.325 e. The van der Waals surface area contributed by atoms with E-state index in [1.54, 1.807) is 12.1 Å². The van der Waals surface area contributed by atoms with E-state index >= 15 is 0 Å². The Morgan fingerprint density at radius 1 is 1.20 bits per heavy atom. The smallest absolute Gasteiger partial charge is 0.237 e. The van der Waals surface area contributed by atoms with Crippen LogP contribution in [0.25, 0.3) is 11.3 Å². The minimum atomic E-state index is -0.271. The first kappa shape index (κ1) is 17.6. The minimum Gasteiger partial charge on any atom is -0.325 e. The highest BCUT2D eigenvalue weighted by Gasteiger charge is 2.17. The highest BCUT2D eigenvalue weighted by Crippen LogP contribution is 2.31. The standard InChI is InChI=1S/C19H17FN2OS2/c1-12-5-3-4-6-16(12)21-18(23)13(2)25-19-22-17(11-24-19)14-7-9-15(20)10-8-14/h3-11,13H,1-2H3,(H,21,23). The zero-order valence-electron chi connectivity index (χ0n) is 13.8. The number of thiazole rings is 1. The van der Waals surface area contributed by atoms with Gasteiger partial charge in [-0.15, -0.1) is 11.3 Å². The summed E-state index contributed by atoms with van der Waals surface area (Å²) in [6.45, 7) is 3.82. The Hall–Kier alpha value is -2.18. The van der Waals surface area contributed by atoms with Crippen molar-refractivity contribution in [3.05, 3.63) is 65.3 Å². The van der Waals surface area contributed by atoms with E-state index in [0.717, 1.165) is 26.8 Å². The molecule has 1 atom stereocenters. The molecule has 25 heavy (non-hydrogen) atoms. The van der Waals surface area contributed by atoms with E-state index in [0.29, 0.717) is 0 Å². The number of amides is 1. The molecule has 2 aromatic carbocycles. The number of nitrogens with zero attached hydrogens (tertiary/aromatic N) is 1. The number of anilines is 1. The first-order valence-corrected chi connectivity index (χ1v) is 9.53. The molecule has 3 nitrogen and oxygen atoms in total. The molecule has 1 aromatic heterocycles. The number of para-hydroxylation sites is 1. The molecule has 0 radical (unpaired) electrons. The summed E-state index contributed by atoms with van der Waals surface area (Å²) in [5.74, 6) is -0.326. The molecule has 1 unspecified atom stereocenters. The average Bonchev–Trinajstić information content (AvgIpc) is 3.06. The van der Waals surface area contributed by atoms with Crippen molar-refractivity contribution in [2.24, 2.45) is 0 Å². The molecule has 0 saturated carbocycles. The Kier molecular flexibility index (Phi) is 5.50. The molecular formula is C19H17FN2OS2. The van der Waals surface area contributed by atoms with Crippen LogP contribution in [0.4, 0.5) is 10.1 Å². The summed E-state index contributed by atoms with van der Waals surface area (Å²) in [4.78, 5) is 16.9. The maximum Gasteiger partial charge on any atom is 0.237 e. The highest BCUT2D eigenvalue weighted by atomic mass is 32.2. The zero-order valence-corrected chi connectivity index (χ0v) is 15.5. The lowest BCUT2D eigenvalue weighted by atomic mass is 10.2. The maximum atomic E-state index is 13.0. The number of nitrogens with one attached hydrogen (secondary N) is 1. The first-order chi connectivity index (χ1) is 12.0. The maximum absolute atomic E-state index is 13.0. The number of benzene rings is 2. The Balaban J connectivity index is 1.65. The number of rotatable bonds is 5. The van der Waals surface area contributed by atoms with Gasteiger partial charge in [-0.3, -0.25) is 4.79 Å². The van der Waals surface area contributed by atoms with Gasteiger partial charge in [-0.25, -0.2) is 9.37 Å². The van der Waals surface area contributed by atoms with Crippen LogP contribution in [0.15, 0.2) is 58.3 Å². The van der Waals surface area contributed by atoms with Crippen molar-refractivity contribution in [2.45, 2.75) is 23.4 Å². The van der Waals surface area contributed by atoms with E-state index in [-0.39, 0.29) is 17.0 Å². The Bertz CT molecular complexity index is 877. The number of carbonyl (C=O) groups excluding carboxylic acids is 1. The van der Waals surface area contributed by atoms with Crippen molar-refractivity contribution in [3.8, 4) is 11.3 Å². The first-order valence-electron chi connectivity index (χ1n) is 7.77. The minimum absolute atomic E-state index is 0.0576. The highest BCUT2D eigenvalue weighted by molar-refractivity contribution is 8.02. The van der Waals surface area contributed by atoms with Gasteiger partial charge in [0.1, 0.15) is 5.82 Å². The van der Waals surface area contributed by atoms with E-state index in [1.165, 1.54) is 35.2 Å². The second-order valence-electron chi connectivity index (χ2n) is 5.57. The third-order valence-corrected chi connectivity index (χ3v) is 5.74. The van der Waals surface area contributed by atoms with Crippen LogP contribution >= 0.6 is 23.1 Å². The molecule has 0 saturated heterocycles. The molecule has 1 amide bonds. The lowest BCUT2D eigenvalue weighted by molar-refractivity contribution is -0.115. The van der Waals surface area contributed by atoms with Crippen LogP contribution in [-0.4, -0.2) is 16.1 Å². The zero-order chi connectivity index (χ0) is 17.8. The van der Waals surface area contributed by atoms with Crippen LogP contribution in [0, 0.1) is 12.7 Å². The van der Waals surface area contributed by atoms with Crippen LogP contribution in [0.5, 0.6) is 0 Å². The number of aryl methyl sites for hydroxylation is 1. The van der Waals surface area contributed by atoms with Crippen molar-refractivity contribution in [3.63, 3.8) is 0 Å². The van der Waals surface area contributed by atoms with Crippen molar-refractivity contribution in [2.75, 3.05) is 5.32 Å². The molecule has 1 heterocycles. The molecule has 0 aliphatic rings. The van der Waals surface area contributed by atoms with E-state index < -0.39 is 0 Å². The topological polar surface area (TPSA) is 42.0 Å². The molecule has 3 rings (SSSR count). The van der Waals surface area contributed by atoms with Crippen LogP contribution in [0.3, 0.4) is 0 Å². The Labute approximate surface area is 154 Å². The summed E-state index contributed by atoms with van der Waals surface area (Å²) >= 11 is 2.90. The molecule has 0 spiro atoms. The molecule has 0 bridgehead atoms. The average molecular weight is 372 g/mol. The van der Waals surface area contributed by atoms with E-state index in [2.05, 4.69) is 10.3 Å². The van der Waals surface area contributed by atoms with Crippen molar-refractivity contribution >= 4 is 34.7 Å². The van der Waals surface area contributed by atoms with Gasteiger partial charge in [0.25, 0.3) is 0 Å². The van der Waals surface area contributed by atoms with Gasteiger partial charge < -0.3 is 5.32 Å². The van der Waals surface area contributed by atoms with E-state index in [1.807, 2.05) is 43.5 Å². The summed E-state index contributed by atoms with van der Waals surface area (Å²) in [5.41, 5.74) is 3.51. The lowest BCUT2D eigenvalue weighted by Gasteiger charge is -2.12. The molecule has 6 heteroatoms. The number of hydrogen-bond acceptors (Lipinski definition) is 4. The van der Waals surface area contributed by atoms with Crippen LogP contribution in [0.1, 0.15) is 12.5 Å². The second kappa shape index (κ2) is 7.80.